The average molecular weight is 457 g/mol. The molecule has 1 heterocycles. The molecule has 5 aromatic rings. The lowest BCUT2D eigenvalue weighted by atomic mass is 10.1. The second-order valence-electron chi connectivity index (χ2n) is 7.62. The third-order valence-electron chi connectivity index (χ3n) is 5.32. The summed E-state index contributed by atoms with van der Waals surface area (Å²) in [5.74, 6) is -0.420. The molecule has 0 aliphatic rings. The quantitative estimate of drug-likeness (QED) is 0.338. The van der Waals surface area contributed by atoms with Gasteiger partial charge in [0.05, 0.1) is 5.69 Å². The maximum absolute atomic E-state index is 13.5. The van der Waals surface area contributed by atoms with E-state index in [-0.39, 0.29) is 11.6 Å². The van der Waals surface area contributed by atoms with Gasteiger partial charge in [-0.3, -0.25) is 4.79 Å². The molecular weight excluding hydrogens is 439 g/mol. The zero-order valence-corrected chi connectivity index (χ0v) is 18.3. The van der Waals surface area contributed by atoms with E-state index in [1.54, 1.807) is 28.9 Å². The van der Waals surface area contributed by atoms with Gasteiger partial charge < -0.3 is 5.32 Å². The number of carbonyl (C=O) groups is 1. The molecule has 0 radical (unpaired) electrons. The van der Waals surface area contributed by atoms with Crippen LogP contribution in [0.15, 0.2) is 84.9 Å². The number of nitrogens with one attached hydrogen (secondary N) is 1. The molecule has 0 spiro atoms. The monoisotopic (exact) mass is 456 g/mol. The van der Waals surface area contributed by atoms with Crippen LogP contribution in [0.4, 0.5) is 10.1 Å². The molecule has 1 amide bonds. The van der Waals surface area contributed by atoms with Gasteiger partial charge in [-0.05, 0) is 71.8 Å². The number of aryl methyl sites for hydroxylation is 1. The first-order valence-corrected chi connectivity index (χ1v) is 10.7. The molecule has 7 heteroatoms. The lowest BCUT2D eigenvalue weighted by Crippen LogP contribution is -2.14. The molecule has 0 aliphatic heterocycles. The van der Waals surface area contributed by atoms with E-state index in [4.69, 9.17) is 11.6 Å². The molecule has 4 aromatic carbocycles. The molecule has 5 rings (SSSR count). The highest BCUT2D eigenvalue weighted by Crippen LogP contribution is 2.26. The van der Waals surface area contributed by atoms with Gasteiger partial charge in [-0.2, -0.15) is 0 Å². The molecule has 0 saturated carbocycles. The van der Waals surface area contributed by atoms with Crippen molar-refractivity contribution in [2.45, 2.75) is 6.92 Å². The van der Waals surface area contributed by atoms with Crippen LogP contribution in [0.5, 0.6) is 0 Å². The Labute approximate surface area is 194 Å². The Hall–Kier alpha value is -4.03. The summed E-state index contributed by atoms with van der Waals surface area (Å²) in [6.07, 6.45) is 0. The van der Waals surface area contributed by atoms with Crippen LogP contribution in [0, 0.1) is 12.7 Å². The van der Waals surface area contributed by atoms with E-state index in [2.05, 4.69) is 15.4 Å². The first-order chi connectivity index (χ1) is 16.0. The Morgan fingerprint density at radius 2 is 1.70 bits per heavy atom. The molecule has 1 N–H and O–H groups in total. The van der Waals surface area contributed by atoms with E-state index in [0.717, 1.165) is 16.3 Å². The normalized spacial score (nSPS) is 11.0. The van der Waals surface area contributed by atoms with Crippen LogP contribution >= 0.6 is 11.6 Å². The van der Waals surface area contributed by atoms with Crippen molar-refractivity contribution in [2.75, 3.05) is 5.32 Å². The van der Waals surface area contributed by atoms with Gasteiger partial charge in [0.15, 0.2) is 5.82 Å². The van der Waals surface area contributed by atoms with Gasteiger partial charge in [-0.15, -0.1) is 5.10 Å². The number of rotatable bonds is 4. The summed E-state index contributed by atoms with van der Waals surface area (Å²) < 4.78 is 15.1. The van der Waals surface area contributed by atoms with Gasteiger partial charge in [0.1, 0.15) is 5.82 Å². The van der Waals surface area contributed by atoms with Crippen LogP contribution in [0.25, 0.3) is 27.8 Å². The minimum Gasteiger partial charge on any atom is -0.319 e. The second kappa shape index (κ2) is 8.48. The number of halogens is 2. The SMILES string of the molecule is Cc1ccc(Cl)cc1-n1nc(C(=O)Nc2ccc3ccccc3c2)nc1-c1ccc(F)cc1. The largest absolute Gasteiger partial charge is 0.319 e. The molecule has 33 heavy (non-hydrogen) atoms. The number of carbonyl (C=O) groups excluding carboxylic acids is 1. The Kier molecular flexibility index (Phi) is 5.36. The van der Waals surface area contributed by atoms with Crippen LogP contribution < -0.4 is 5.32 Å². The first-order valence-electron chi connectivity index (χ1n) is 10.3. The molecule has 1 aromatic heterocycles. The van der Waals surface area contributed by atoms with Gasteiger partial charge in [-0.25, -0.2) is 14.1 Å². The zero-order valence-electron chi connectivity index (χ0n) is 17.6. The molecule has 5 nitrogen and oxygen atoms in total. The van der Waals surface area contributed by atoms with Crippen molar-refractivity contribution < 1.29 is 9.18 Å². The van der Waals surface area contributed by atoms with Crippen LogP contribution in [0.3, 0.4) is 0 Å². The van der Waals surface area contributed by atoms with Crippen molar-refractivity contribution >= 4 is 34.0 Å². The summed E-state index contributed by atoms with van der Waals surface area (Å²) in [5.41, 5.74) is 2.83. The molecule has 162 valence electrons. The number of fused-ring (bicyclic) bond motifs is 1. The second-order valence-corrected chi connectivity index (χ2v) is 8.06. The minimum absolute atomic E-state index is 0.0122. The highest BCUT2D eigenvalue weighted by atomic mass is 35.5. The first kappa shape index (κ1) is 20.8. The van der Waals surface area contributed by atoms with Crippen LogP contribution in [-0.2, 0) is 0 Å². The smallest absolute Gasteiger partial charge is 0.295 e. The number of anilines is 1. The summed E-state index contributed by atoms with van der Waals surface area (Å²) in [5, 5.41) is 9.96. The molecule has 0 saturated heterocycles. The maximum Gasteiger partial charge on any atom is 0.295 e. The number of benzene rings is 4. The Morgan fingerprint density at radius 3 is 2.48 bits per heavy atom. The van der Waals surface area contributed by atoms with Gasteiger partial charge in [-0.1, -0.05) is 48.0 Å². The fourth-order valence-electron chi connectivity index (χ4n) is 3.63. The van der Waals surface area contributed by atoms with E-state index < -0.39 is 5.91 Å². The van der Waals surface area contributed by atoms with Gasteiger partial charge >= 0.3 is 0 Å². The van der Waals surface area contributed by atoms with Crippen molar-refractivity contribution in [2.24, 2.45) is 0 Å². The molecule has 0 atom stereocenters. The predicted octanol–water partition coefficient (Wildman–Crippen LogP) is 6.44. The molecule has 0 unspecified atom stereocenters. The lowest BCUT2D eigenvalue weighted by molar-refractivity contribution is 0.101. The van der Waals surface area contributed by atoms with Gasteiger partial charge in [0.2, 0.25) is 5.82 Å². The van der Waals surface area contributed by atoms with E-state index in [0.29, 0.717) is 27.8 Å². The lowest BCUT2D eigenvalue weighted by Gasteiger charge is -2.09. The predicted molar refractivity (Wildman–Crippen MR) is 128 cm³/mol. The fourth-order valence-corrected chi connectivity index (χ4v) is 3.79. The van der Waals surface area contributed by atoms with Crippen LogP contribution in [-0.4, -0.2) is 20.7 Å². The van der Waals surface area contributed by atoms with E-state index in [1.807, 2.05) is 55.5 Å². The maximum atomic E-state index is 13.5. The molecule has 0 fully saturated rings. The Morgan fingerprint density at radius 1 is 0.939 bits per heavy atom. The number of hydrogen-bond acceptors (Lipinski definition) is 3. The van der Waals surface area contributed by atoms with E-state index >= 15 is 0 Å². The summed E-state index contributed by atoms with van der Waals surface area (Å²) >= 11 is 6.22. The average Bonchev–Trinajstić information content (AvgIpc) is 3.26. The minimum atomic E-state index is -0.452. The molecular formula is C26H18ClFN4O. The molecule has 0 bridgehead atoms. The highest BCUT2D eigenvalue weighted by Gasteiger charge is 2.20. The molecule has 0 aliphatic carbocycles. The number of nitrogens with zero attached hydrogens (tertiary/aromatic N) is 3. The third-order valence-corrected chi connectivity index (χ3v) is 5.55. The number of aromatic nitrogens is 3. The summed E-state index contributed by atoms with van der Waals surface area (Å²) in [4.78, 5) is 17.5. The number of hydrogen-bond donors (Lipinski definition) is 1. The van der Waals surface area contributed by atoms with Crippen molar-refractivity contribution in [1.82, 2.24) is 14.8 Å². The van der Waals surface area contributed by atoms with E-state index in [9.17, 15) is 9.18 Å². The van der Waals surface area contributed by atoms with Crippen molar-refractivity contribution in [3.05, 3.63) is 107 Å². The van der Waals surface area contributed by atoms with Crippen molar-refractivity contribution in [3.63, 3.8) is 0 Å². The van der Waals surface area contributed by atoms with Crippen molar-refractivity contribution in [3.8, 4) is 17.1 Å². The zero-order chi connectivity index (χ0) is 22.9. The Balaban J connectivity index is 1.56. The number of amides is 1. The topological polar surface area (TPSA) is 59.8 Å². The summed E-state index contributed by atoms with van der Waals surface area (Å²) in [6, 6.07) is 24.8. The highest BCUT2D eigenvalue weighted by molar-refractivity contribution is 6.30. The van der Waals surface area contributed by atoms with Gasteiger partial charge in [0, 0.05) is 16.3 Å². The summed E-state index contributed by atoms with van der Waals surface area (Å²) in [6.45, 7) is 1.91. The van der Waals surface area contributed by atoms with Gasteiger partial charge in [0.25, 0.3) is 5.91 Å². The van der Waals surface area contributed by atoms with Crippen molar-refractivity contribution in [1.29, 1.82) is 0 Å². The summed E-state index contributed by atoms with van der Waals surface area (Å²) in [7, 11) is 0. The fraction of sp³-hybridized carbons (Fsp3) is 0.0385. The van der Waals surface area contributed by atoms with Crippen LogP contribution in [0.1, 0.15) is 16.2 Å². The van der Waals surface area contributed by atoms with Crippen LogP contribution in [0.2, 0.25) is 5.02 Å². The third kappa shape index (κ3) is 4.21. The standard InChI is InChI=1S/C26H18ClFN4O/c1-16-6-10-20(27)15-23(16)32-25(18-7-11-21(28)12-8-18)30-24(31-32)26(33)29-22-13-9-17-4-2-3-5-19(17)14-22/h2-15H,1H3,(H,29,33). The van der Waals surface area contributed by atoms with E-state index in [1.165, 1.54) is 12.1 Å². The Bertz CT molecular complexity index is 1490.